The first-order chi connectivity index (χ1) is 14.9. The summed E-state index contributed by atoms with van der Waals surface area (Å²) in [7, 11) is 0. The fourth-order valence-electron chi connectivity index (χ4n) is 3.32. The summed E-state index contributed by atoms with van der Waals surface area (Å²) in [6.07, 6.45) is 1.32. The SMILES string of the molecule is Cc1ccc(NC(=O)N2CCCC2C(=O)Nc2nnc(-c3ccc(Cl)cc3)s2)cc1Cl. The summed E-state index contributed by atoms with van der Waals surface area (Å²) in [5.41, 5.74) is 2.37. The van der Waals surface area contributed by atoms with Crippen molar-refractivity contribution < 1.29 is 9.59 Å². The molecule has 1 aromatic heterocycles. The maximum Gasteiger partial charge on any atom is 0.322 e. The molecular formula is C21H19Cl2N5O2S. The van der Waals surface area contributed by atoms with Gasteiger partial charge >= 0.3 is 6.03 Å². The van der Waals surface area contributed by atoms with Crippen LogP contribution in [0.2, 0.25) is 10.0 Å². The molecule has 2 heterocycles. The average molecular weight is 476 g/mol. The zero-order valence-electron chi connectivity index (χ0n) is 16.6. The first kappa shape index (κ1) is 21.5. The molecule has 0 saturated carbocycles. The molecule has 0 spiro atoms. The van der Waals surface area contributed by atoms with Gasteiger partial charge in [-0.2, -0.15) is 0 Å². The number of halogens is 2. The van der Waals surface area contributed by atoms with E-state index in [2.05, 4.69) is 20.8 Å². The number of hydrogen-bond acceptors (Lipinski definition) is 5. The van der Waals surface area contributed by atoms with E-state index < -0.39 is 6.04 Å². The quantitative estimate of drug-likeness (QED) is 0.524. The van der Waals surface area contributed by atoms with Gasteiger partial charge in [0.2, 0.25) is 11.0 Å². The fourth-order valence-corrected chi connectivity index (χ4v) is 4.38. The van der Waals surface area contributed by atoms with Gasteiger partial charge in [-0.3, -0.25) is 10.1 Å². The number of rotatable bonds is 4. The van der Waals surface area contributed by atoms with E-state index in [0.717, 1.165) is 17.5 Å². The van der Waals surface area contributed by atoms with Crippen molar-refractivity contribution in [2.75, 3.05) is 17.2 Å². The summed E-state index contributed by atoms with van der Waals surface area (Å²) in [5.74, 6) is -0.284. The number of carbonyl (C=O) groups is 2. The highest BCUT2D eigenvalue weighted by atomic mass is 35.5. The van der Waals surface area contributed by atoms with Gasteiger partial charge in [0.25, 0.3) is 0 Å². The van der Waals surface area contributed by atoms with Gasteiger partial charge in [-0.25, -0.2) is 4.79 Å². The lowest BCUT2D eigenvalue weighted by atomic mass is 10.2. The minimum Gasteiger partial charge on any atom is -0.312 e. The number of aromatic nitrogens is 2. The predicted molar refractivity (Wildman–Crippen MR) is 124 cm³/mol. The molecule has 1 aliphatic heterocycles. The molecule has 1 unspecified atom stereocenters. The second kappa shape index (κ2) is 9.21. The van der Waals surface area contributed by atoms with Gasteiger partial charge in [-0.05, 0) is 49.6 Å². The summed E-state index contributed by atoms with van der Waals surface area (Å²) in [5, 5.41) is 16.0. The number of nitrogens with one attached hydrogen (secondary N) is 2. The number of aryl methyl sites for hydroxylation is 1. The zero-order valence-corrected chi connectivity index (χ0v) is 18.9. The van der Waals surface area contributed by atoms with Crippen molar-refractivity contribution in [2.24, 2.45) is 0 Å². The van der Waals surface area contributed by atoms with E-state index in [1.165, 1.54) is 16.2 Å². The standard InChI is InChI=1S/C21H19Cl2N5O2S/c1-12-4-9-15(11-16(12)23)24-21(30)28-10-2-3-17(28)18(29)25-20-27-26-19(31-20)13-5-7-14(22)8-6-13/h4-9,11,17H,2-3,10H2,1H3,(H,24,30)(H,25,27,29). The summed E-state index contributed by atoms with van der Waals surface area (Å²) >= 11 is 13.3. The Hall–Kier alpha value is -2.68. The molecule has 0 bridgehead atoms. The van der Waals surface area contributed by atoms with E-state index in [9.17, 15) is 9.59 Å². The van der Waals surface area contributed by atoms with Crippen molar-refractivity contribution in [3.05, 3.63) is 58.1 Å². The second-order valence-electron chi connectivity index (χ2n) is 7.15. The highest BCUT2D eigenvalue weighted by Gasteiger charge is 2.34. The molecule has 31 heavy (non-hydrogen) atoms. The molecule has 2 aromatic carbocycles. The molecular weight excluding hydrogens is 457 g/mol. The van der Waals surface area contributed by atoms with Crippen LogP contribution in [0.15, 0.2) is 42.5 Å². The molecule has 4 rings (SSSR count). The second-order valence-corrected chi connectivity index (χ2v) is 8.98. The van der Waals surface area contributed by atoms with Gasteiger partial charge in [0.15, 0.2) is 0 Å². The monoisotopic (exact) mass is 475 g/mol. The van der Waals surface area contributed by atoms with E-state index in [4.69, 9.17) is 23.2 Å². The molecule has 0 radical (unpaired) electrons. The lowest BCUT2D eigenvalue weighted by molar-refractivity contribution is -0.119. The summed E-state index contributed by atoms with van der Waals surface area (Å²) in [4.78, 5) is 27.1. The predicted octanol–water partition coefficient (Wildman–Crippen LogP) is 5.46. The normalized spacial score (nSPS) is 15.7. The Labute approximate surface area is 193 Å². The van der Waals surface area contributed by atoms with Gasteiger partial charge in [-0.15, -0.1) is 10.2 Å². The van der Waals surface area contributed by atoms with Gasteiger partial charge in [-0.1, -0.05) is 52.7 Å². The number of nitrogens with zero attached hydrogens (tertiary/aromatic N) is 3. The van der Waals surface area contributed by atoms with Gasteiger partial charge in [0.05, 0.1) is 0 Å². The molecule has 1 saturated heterocycles. The maximum absolute atomic E-state index is 12.8. The lowest BCUT2D eigenvalue weighted by Crippen LogP contribution is -2.45. The van der Waals surface area contributed by atoms with Crippen molar-refractivity contribution in [1.29, 1.82) is 0 Å². The van der Waals surface area contributed by atoms with Crippen LogP contribution in [0.4, 0.5) is 15.6 Å². The molecule has 2 N–H and O–H groups in total. The van der Waals surface area contributed by atoms with E-state index in [-0.39, 0.29) is 11.9 Å². The largest absolute Gasteiger partial charge is 0.322 e. The number of hydrogen-bond donors (Lipinski definition) is 2. The molecule has 160 valence electrons. The summed E-state index contributed by atoms with van der Waals surface area (Å²) < 4.78 is 0. The Morgan fingerprint density at radius 1 is 1.10 bits per heavy atom. The summed E-state index contributed by atoms with van der Waals surface area (Å²) in [6.45, 7) is 2.39. The zero-order chi connectivity index (χ0) is 22.0. The Morgan fingerprint density at radius 3 is 2.61 bits per heavy atom. The van der Waals surface area contributed by atoms with Crippen LogP contribution in [-0.2, 0) is 4.79 Å². The molecule has 1 atom stereocenters. The van der Waals surface area contributed by atoms with Crippen LogP contribution < -0.4 is 10.6 Å². The molecule has 1 aliphatic rings. The Morgan fingerprint density at radius 2 is 1.87 bits per heavy atom. The minimum absolute atomic E-state index is 0.284. The highest BCUT2D eigenvalue weighted by Crippen LogP contribution is 2.28. The third-order valence-electron chi connectivity index (χ3n) is 4.99. The van der Waals surface area contributed by atoms with E-state index >= 15 is 0 Å². The molecule has 7 nitrogen and oxygen atoms in total. The molecule has 3 aromatic rings. The maximum atomic E-state index is 12.8. The Kier molecular flexibility index (Phi) is 6.41. The first-order valence-electron chi connectivity index (χ1n) is 9.65. The first-order valence-corrected chi connectivity index (χ1v) is 11.2. The molecule has 3 amide bonds. The third kappa shape index (κ3) is 4.98. The van der Waals surface area contributed by atoms with Gasteiger partial charge in [0.1, 0.15) is 11.0 Å². The van der Waals surface area contributed by atoms with Crippen LogP contribution in [-0.4, -0.2) is 39.6 Å². The van der Waals surface area contributed by atoms with Crippen molar-refractivity contribution in [3.63, 3.8) is 0 Å². The Bertz CT molecular complexity index is 1120. The number of benzene rings is 2. The van der Waals surface area contributed by atoms with Crippen LogP contribution in [0.1, 0.15) is 18.4 Å². The van der Waals surface area contributed by atoms with Gasteiger partial charge in [0, 0.05) is 27.8 Å². The minimum atomic E-state index is -0.580. The number of likely N-dealkylation sites (tertiary alicyclic amines) is 1. The molecule has 1 fully saturated rings. The van der Waals surface area contributed by atoms with Crippen LogP contribution in [0.25, 0.3) is 10.6 Å². The topological polar surface area (TPSA) is 87.2 Å². The third-order valence-corrected chi connectivity index (χ3v) is 6.53. The molecule has 10 heteroatoms. The fraction of sp³-hybridized carbons (Fsp3) is 0.238. The lowest BCUT2D eigenvalue weighted by Gasteiger charge is -2.24. The van der Waals surface area contributed by atoms with Crippen molar-refractivity contribution in [3.8, 4) is 10.6 Å². The van der Waals surface area contributed by atoms with Crippen LogP contribution >= 0.6 is 34.5 Å². The van der Waals surface area contributed by atoms with Crippen molar-refractivity contribution in [2.45, 2.75) is 25.8 Å². The number of anilines is 2. The highest BCUT2D eigenvalue weighted by molar-refractivity contribution is 7.18. The van der Waals surface area contributed by atoms with Crippen LogP contribution in [0.3, 0.4) is 0 Å². The van der Waals surface area contributed by atoms with E-state index in [0.29, 0.717) is 38.8 Å². The Balaban J connectivity index is 1.41. The smallest absolute Gasteiger partial charge is 0.312 e. The average Bonchev–Trinajstić information content (AvgIpc) is 3.41. The molecule has 0 aliphatic carbocycles. The van der Waals surface area contributed by atoms with Crippen LogP contribution in [0, 0.1) is 6.92 Å². The summed E-state index contributed by atoms with van der Waals surface area (Å²) in [6, 6.07) is 11.6. The number of amides is 3. The van der Waals surface area contributed by atoms with E-state index in [1.54, 1.807) is 24.3 Å². The number of carbonyl (C=O) groups excluding carboxylic acids is 2. The van der Waals surface area contributed by atoms with Crippen molar-refractivity contribution in [1.82, 2.24) is 15.1 Å². The van der Waals surface area contributed by atoms with Gasteiger partial charge < -0.3 is 10.2 Å². The van der Waals surface area contributed by atoms with Crippen molar-refractivity contribution >= 4 is 57.3 Å². The number of urea groups is 1. The van der Waals surface area contributed by atoms with E-state index in [1.807, 2.05) is 25.1 Å². The van der Waals surface area contributed by atoms with Crippen LogP contribution in [0.5, 0.6) is 0 Å².